The van der Waals surface area contributed by atoms with Gasteiger partial charge in [0.25, 0.3) is 0 Å². The van der Waals surface area contributed by atoms with Gasteiger partial charge in [-0.2, -0.15) is 5.10 Å². The zero-order valence-electron chi connectivity index (χ0n) is 16.5. The number of piperidine rings is 1. The zero-order valence-corrected chi connectivity index (χ0v) is 16.5. The second-order valence-electron chi connectivity index (χ2n) is 7.61. The van der Waals surface area contributed by atoms with Crippen molar-refractivity contribution in [2.75, 3.05) is 6.79 Å². The molecular weight excluding hydrogens is 356 g/mol. The molecule has 0 spiro atoms. The Balaban J connectivity index is 1.36. The highest BCUT2D eigenvalue weighted by Crippen LogP contribution is 2.33. The van der Waals surface area contributed by atoms with Crippen LogP contribution < -0.4 is 20.1 Å². The first kappa shape index (κ1) is 18.8. The molecule has 1 aromatic heterocycles. The van der Waals surface area contributed by atoms with Crippen LogP contribution in [-0.2, 0) is 17.8 Å². The van der Waals surface area contributed by atoms with Crippen molar-refractivity contribution in [3.05, 3.63) is 41.7 Å². The molecule has 1 amide bonds. The topological polar surface area (TPSA) is 77.4 Å². The van der Waals surface area contributed by atoms with E-state index in [-0.39, 0.29) is 18.0 Å². The largest absolute Gasteiger partial charge is 0.454 e. The van der Waals surface area contributed by atoms with Gasteiger partial charge in [0.15, 0.2) is 11.5 Å². The summed E-state index contributed by atoms with van der Waals surface area (Å²) < 4.78 is 12.7. The number of carbonyl (C=O) groups is 1. The fourth-order valence-corrected chi connectivity index (χ4v) is 3.94. The number of fused-ring (bicyclic) bond motifs is 1. The number of ether oxygens (including phenoxy) is 2. The SMILES string of the molecule is CCn1cc([C@@H]2NC(=O)CC[C@H]2N[C@@H](C)CCc2ccc3c(c2)OCO3)cn1. The zero-order chi connectivity index (χ0) is 19.5. The maximum absolute atomic E-state index is 12.0. The van der Waals surface area contributed by atoms with Gasteiger partial charge in [0, 0.05) is 36.8 Å². The van der Waals surface area contributed by atoms with Crippen molar-refractivity contribution >= 4 is 5.91 Å². The lowest BCUT2D eigenvalue weighted by Gasteiger charge is -2.34. The number of nitrogens with zero attached hydrogens (tertiary/aromatic N) is 2. The number of rotatable bonds is 7. The monoisotopic (exact) mass is 384 g/mol. The van der Waals surface area contributed by atoms with Crippen molar-refractivity contribution in [3.63, 3.8) is 0 Å². The Hall–Kier alpha value is -2.54. The van der Waals surface area contributed by atoms with Crippen molar-refractivity contribution in [2.24, 2.45) is 0 Å². The van der Waals surface area contributed by atoms with Gasteiger partial charge in [-0.05, 0) is 50.8 Å². The number of amides is 1. The Labute approximate surface area is 165 Å². The molecule has 2 aliphatic heterocycles. The third-order valence-corrected chi connectivity index (χ3v) is 5.54. The van der Waals surface area contributed by atoms with Crippen LogP contribution in [0.4, 0.5) is 0 Å². The van der Waals surface area contributed by atoms with Crippen LogP contribution in [0.5, 0.6) is 11.5 Å². The summed E-state index contributed by atoms with van der Waals surface area (Å²) in [6.07, 6.45) is 7.26. The fraction of sp³-hybridized carbons (Fsp3) is 0.524. The van der Waals surface area contributed by atoms with Crippen molar-refractivity contribution in [1.82, 2.24) is 20.4 Å². The van der Waals surface area contributed by atoms with Crippen LogP contribution in [0, 0.1) is 0 Å². The molecule has 0 aliphatic carbocycles. The average molecular weight is 384 g/mol. The Bertz CT molecular complexity index is 835. The first-order valence-electron chi connectivity index (χ1n) is 10.1. The summed E-state index contributed by atoms with van der Waals surface area (Å²) in [5, 5.41) is 11.2. The molecule has 3 atom stereocenters. The lowest BCUT2D eigenvalue weighted by atomic mass is 9.92. The number of hydrogen-bond acceptors (Lipinski definition) is 5. The van der Waals surface area contributed by atoms with E-state index in [9.17, 15) is 4.79 Å². The smallest absolute Gasteiger partial charge is 0.231 e. The van der Waals surface area contributed by atoms with E-state index in [4.69, 9.17) is 9.47 Å². The van der Waals surface area contributed by atoms with E-state index in [1.807, 2.05) is 23.1 Å². The molecule has 0 bridgehead atoms. The van der Waals surface area contributed by atoms with Gasteiger partial charge in [-0.25, -0.2) is 0 Å². The van der Waals surface area contributed by atoms with Gasteiger partial charge in [0.1, 0.15) is 0 Å². The first-order valence-corrected chi connectivity index (χ1v) is 10.1. The maximum Gasteiger partial charge on any atom is 0.231 e. The Morgan fingerprint density at radius 2 is 2.21 bits per heavy atom. The molecule has 2 N–H and O–H groups in total. The maximum atomic E-state index is 12.0. The number of nitrogens with one attached hydrogen (secondary N) is 2. The molecule has 7 nitrogen and oxygen atoms in total. The van der Waals surface area contributed by atoms with Crippen LogP contribution >= 0.6 is 0 Å². The third kappa shape index (κ3) is 4.14. The number of carbonyl (C=O) groups excluding carboxylic acids is 1. The van der Waals surface area contributed by atoms with Gasteiger partial charge in [-0.3, -0.25) is 9.48 Å². The van der Waals surface area contributed by atoms with Crippen LogP contribution in [0.15, 0.2) is 30.6 Å². The molecule has 1 saturated heterocycles. The highest BCUT2D eigenvalue weighted by atomic mass is 16.7. The molecule has 1 fully saturated rings. The van der Waals surface area contributed by atoms with Crippen molar-refractivity contribution in [2.45, 2.75) is 64.2 Å². The molecule has 1 aromatic carbocycles. The van der Waals surface area contributed by atoms with E-state index in [1.165, 1.54) is 5.56 Å². The normalized spacial score (nSPS) is 22.1. The predicted molar refractivity (Wildman–Crippen MR) is 105 cm³/mol. The van der Waals surface area contributed by atoms with Crippen molar-refractivity contribution in [3.8, 4) is 11.5 Å². The molecule has 4 rings (SSSR count). The molecule has 0 radical (unpaired) electrons. The van der Waals surface area contributed by atoms with Gasteiger partial charge in [0.05, 0.1) is 12.2 Å². The van der Waals surface area contributed by atoms with Crippen LogP contribution in [0.25, 0.3) is 0 Å². The molecule has 2 aromatic rings. The first-order chi connectivity index (χ1) is 13.6. The summed E-state index contributed by atoms with van der Waals surface area (Å²) in [6.45, 7) is 5.39. The van der Waals surface area contributed by atoms with E-state index in [0.717, 1.165) is 42.9 Å². The van der Waals surface area contributed by atoms with Gasteiger partial charge in [-0.1, -0.05) is 6.07 Å². The minimum Gasteiger partial charge on any atom is -0.454 e. The number of aryl methyl sites for hydroxylation is 2. The molecule has 0 saturated carbocycles. The number of hydrogen-bond donors (Lipinski definition) is 2. The second kappa shape index (κ2) is 8.22. The van der Waals surface area contributed by atoms with Crippen LogP contribution in [-0.4, -0.2) is 34.6 Å². The average Bonchev–Trinajstić information content (AvgIpc) is 3.36. The summed E-state index contributed by atoms with van der Waals surface area (Å²) >= 11 is 0. The fourth-order valence-electron chi connectivity index (χ4n) is 3.94. The summed E-state index contributed by atoms with van der Waals surface area (Å²) in [5.41, 5.74) is 2.31. The summed E-state index contributed by atoms with van der Waals surface area (Å²) in [5.74, 6) is 1.77. The molecule has 28 heavy (non-hydrogen) atoms. The van der Waals surface area contributed by atoms with E-state index >= 15 is 0 Å². The third-order valence-electron chi connectivity index (χ3n) is 5.54. The van der Waals surface area contributed by atoms with Gasteiger partial charge >= 0.3 is 0 Å². The van der Waals surface area contributed by atoms with Gasteiger partial charge < -0.3 is 20.1 Å². The second-order valence-corrected chi connectivity index (χ2v) is 7.61. The predicted octanol–water partition coefficient (Wildman–Crippen LogP) is 2.56. The lowest BCUT2D eigenvalue weighted by molar-refractivity contribution is -0.124. The standard InChI is InChI=1S/C21H28N4O3/c1-3-25-12-16(11-22-25)21-17(7-9-20(26)24-21)23-14(2)4-5-15-6-8-18-19(10-15)28-13-27-18/h6,8,10-12,14,17,21,23H,3-5,7,9,13H2,1-2H3,(H,24,26)/t14-,17+,21-/m0/s1. The van der Waals surface area contributed by atoms with Gasteiger partial charge in [-0.15, -0.1) is 0 Å². The Morgan fingerprint density at radius 3 is 3.04 bits per heavy atom. The summed E-state index contributed by atoms with van der Waals surface area (Å²) in [7, 11) is 0. The van der Waals surface area contributed by atoms with Crippen LogP contribution in [0.1, 0.15) is 50.3 Å². The quantitative estimate of drug-likeness (QED) is 0.767. The van der Waals surface area contributed by atoms with Crippen molar-refractivity contribution in [1.29, 1.82) is 0 Å². The minimum absolute atomic E-state index is 0.0328. The minimum atomic E-state index is -0.0328. The molecular formula is C21H28N4O3. The van der Waals surface area contributed by atoms with E-state index < -0.39 is 0 Å². The van der Waals surface area contributed by atoms with Crippen molar-refractivity contribution < 1.29 is 14.3 Å². The number of aromatic nitrogens is 2. The van der Waals surface area contributed by atoms with Crippen LogP contribution in [0.3, 0.4) is 0 Å². The highest BCUT2D eigenvalue weighted by Gasteiger charge is 2.31. The Morgan fingerprint density at radius 1 is 1.36 bits per heavy atom. The molecule has 2 aliphatic rings. The highest BCUT2D eigenvalue weighted by molar-refractivity contribution is 5.77. The molecule has 0 unspecified atom stereocenters. The van der Waals surface area contributed by atoms with E-state index in [1.54, 1.807) is 0 Å². The lowest BCUT2D eigenvalue weighted by Crippen LogP contribution is -2.50. The van der Waals surface area contributed by atoms with E-state index in [2.05, 4.69) is 41.7 Å². The summed E-state index contributed by atoms with van der Waals surface area (Å²) in [6, 6.07) is 6.65. The summed E-state index contributed by atoms with van der Waals surface area (Å²) in [4.78, 5) is 12.0. The Kier molecular flexibility index (Phi) is 5.52. The van der Waals surface area contributed by atoms with Crippen LogP contribution in [0.2, 0.25) is 0 Å². The molecule has 7 heteroatoms. The molecule has 3 heterocycles. The molecule has 150 valence electrons. The number of benzene rings is 1. The van der Waals surface area contributed by atoms with Gasteiger partial charge in [0.2, 0.25) is 12.7 Å². The van der Waals surface area contributed by atoms with E-state index in [0.29, 0.717) is 19.3 Å².